The van der Waals surface area contributed by atoms with Crippen molar-refractivity contribution < 1.29 is 14.3 Å². The topological polar surface area (TPSA) is 93.4 Å². The smallest absolute Gasteiger partial charge is 0.407 e. The molecule has 0 fully saturated rings. The molecule has 2 aliphatic carbocycles. The zero-order chi connectivity index (χ0) is 24.9. The van der Waals surface area contributed by atoms with Gasteiger partial charge < -0.3 is 21.1 Å². The molecule has 36 heavy (non-hydrogen) atoms. The van der Waals surface area contributed by atoms with E-state index in [9.17, 15) is 9.59 Å². The van der Waals surface area contributed by atoms with Crippen LogP contribution in [0.2, 0.25) is 0 Å². The minimum absolute atomic E-state index is 0.0286. The van der Waals surface area contributed by atoms with Crippen LogP contribution in [0.25, 0.3) is 11.1 Å². The lowest BCUT2D eigenvalue weighted by atomic mass is 9.98. The fourth-order valence-corrected chi connectivity index (χ4v) is 5.42. The molecule has 3 aromatic carbocycles. The number of nitrogens with two attached hydrogens (primary N) is 1. The van der Waals surface area contributed by atoms with Gasteiger partial charge in [0.25, 0.3) is 0 Å². The predicted octanol–water partition coefficient (Wildman–Crippen LogP) is 5.15. The third kappa shape index (κ3) is 5.14. The van der Waals surface area contributed by atoms with Crippen molar-refractivity contribution in [1.82, 2.24) is 5.32 Å². The van der Waals surface area contributed by atoms with Crippen LogP contribution in [-0.2, 0) is 22.4 Å². The fraction of sp³-hybridized carbons (Fsp3) is 0.333. The summed E-state index contributed by atoms with van der Waals surface area (Å²) in [5.41, 5.74) is 13.7. The van der Waals surface area contributed by atoms with Crippen molar-refractivity contribution in [3.63, 3.8) is 0 Å². The Morgan fingerprint density at radius 3 is 2.33 bits per heavy atom. The van der Waals surface area contributed by atoms with E-state index in [0.717, 1.165) is 48.9 Å². The summed E-state index contributed by atoms with van der Waals surface area (Å²) in [6, 6.07) is 21.8. The maximum absolute atomic E-state index is 13.1. The molecule has 186 valence electrons. The van der Waals surface area contributed by atoms with Crippen LogP contribution < -0.4 is 16.4 Å². The quantitative estimate of drug-likeness (QED) is 0.367. The summed E-state index contributed by atoms with van der Waals surface area (Å²) in [5.74, 6) is -0.266. The molecular weight excluding hydrogens is 450 g/mol. The summed E-state index contributed by atoms with van der Waals surface area (Å²) >= 11 is 0. The van der Waals surface area contributed by atoms with E-state index >= 15 is 0 Å². The van der Waals surface area contributed by atoms with Crippen LogP contribution in [0.1, 0.15) is 53.9 Å². The zero-order valence-corrected chi connectivity index (χ0v) is 20.5. The van der Waals surface area contributed by atoms with E-state index in [1.54, 1.807) is 0 Å². The molecule has 4 N–H and O–H groups in total. The Balaban J connectivity index is 1.23. The van der Waals surface area contributed by atoms with Crippen molar-refractivity contribution in [3.05, 3.63) is 89.0 Å². The van der Waals surface area contributed by atoms with Crippen LogP contribution in [0.3, 0.4) is 0 Å². The maximum Gasteiger partial charge on any atom is 0.407 e. The van der Waals surface area contributed by atoms with Crippen molar-refractivity contribution in [3.8, 4) is 11.1 Å². The van der Waals surface area contributed by atoms with E-state index < -0.39 is 12.1 Å². The molecule has 0 aromatic heterocycles. The number of carbonyl (C=O) groups is 2. The lowest BCUT2D eigenvalue weighted by molar-refractivity contribution is -0.118. The zero-order valence-electron chi connectivity index (χ0n) is 20.5. The van der Waals surface area contributed by atoms with E-state index in [1.807, 2.05) is 36.4 Å². The van der Waals surface area contributed by atoms with Gasteiger partial charge in [-0.1, -0.05) is 54.6 Å². The fourth-order valence-electron chi connectivity index (χ4n) is 5.42. The molecule has 2 amide bonds. The van der Waals surface area contributed by atoms with Crippen LogP contribution >= 0.6 is 0 Å². The summed E-state index contributed by atoms with van der Waals surface area (Å²) in [7, 11) is 0. The standard InChI is InChI=1S/C30H33N3O3/c31-17-6-5-14-28(29(34)32-22-16-15-20-8-7-9-21(20)18-22)33-30(35)36-19-27-25-12-3-1-10-23(25)24-11-2-4-13-26(24)27/h1-4,10-13,15-16,18,27-28H,5-9,14,17,19,31H2,(H,32,34)(H,33,35)/t28-/m0/s1. The van der Waals surface area contributed by atoms with Crippen molar-refractivity contribution >= 4 is 17.7 Å². The van der Waals surface area contributed by atoms with Crippen LogP contribution in [0.15, 0.2) is 66.7 Å². The van der Waals surface area contributed by atoms with Gasteiger partial charge in [0.2, 0.25) is 5.91 Å². The summed E-state index contributed by atoms with van der Waals surface area (Å²) < 4.78 is 5.68. The summed E-state index contributed by atoms with van der Waals surface area (Å²) in [5, 5.41) is 5.79. The first-order valence-electron chi connectivity index (χ1n) is 12.9. The molecule has 1 atom stereocenters. The Bertz CT molecular complexity index is 1210. The number of hydrogen-bond acceptors (Lipinski definition) is 4. The molecule has 0 heterocycles. The molecule has 0 radical (unpaired) electrons. The second-order valence-electron chi connectivity index (χ2n) is 9.63. The van der Waals surface area contributed by atoms with Gasteiger partial charge in [-0.3, -0.25) is 4.79 Å². The monoisotopic (exact) mass is 483 g/mol. The molecule has 0 saturated heterocycles. The van der Waals surface area contributed by atoms with Gasteiger partial charge in [-0.2, -0.15) is 0 Å². The van der Waals surface area contributed by atoms with Crippen molar-refractivity contribution in [1.29, 1.82) is 0 Å². The van der Waals surface area contributed by atoms with Gasteiger partial charge in [0, 0.05) is 11.6 Å². The molecule has 6 nitrogen and oxygen atoms in total. The molecule has 0 aliphatic heterocycles. The average molecular weight is 484 g/mol. The lowest BCUT2D eigenvalue weighted by Gasteiger charge is -2.20. The minimum Gasteiger partial charge on any atom is -0.449 e. The Kier molecular flexibility index (Phi) is 7.33. The highest BCUT2D eigenvalue weighted by Gasteiger charge is 2.30. The molecule has 0 spiro atoms. The number of anilines is 1. The first kappa shape index (κ1) is 24.1. The first-order valence-corrected chi connectivity index (χ1v) is 12.9. The van der Waals surface area contributed by atoms with E-state index in [1.165, 1.54) is 22.3 Å². The highest BCUT2D eigenvalue weighted by Crippen LogP contribution is 2.44. The summed E-state index contributed by atoms with van der Waals surface area (Å²) in [6.07, 6.45) is 4.72. The molecular formula is C30H33N3O3. The highest BCUT2D eigenvalue weighted by molar-refractivity contribution is 5.96. The van der Waals surface area contributed by atoms with Crippen LogP contribution in [-0.4, -0.2) is 31.2 Å². The number of fused-ring (bicyclic) bond motifs is 4. The number of unbranched alkanes of at least 4 members (excludes halogenated alkanes) is 1. The predicted molar refractivity (Wildman–Crippen MR) is 142 cm³/mol. The van der Waals surface area contributed by atoms with Gasteiger partial charge >= 0.3 is 6.09 Å². The van der Waals surface area contributed by atoms with Gasteiger partial charge in [-0.25, -0.2) is 4.79 Å². The molecule has 3 aromatic rings. The van der Waals surface area contributed by atoms with Crippen LogP contribution in [0.5, 0.6) is 0 Å². The lowest BCUT2D eigenvalue weighted by Crippen LogP contribution is -2.44. The maximum atomic E-state index is 13.1. The molecule has 0 bridgehead atoms. The molecule has 0 unspecified atom stereocenters. The number of nitrogens with one attached hydrogen (secondary N) is 2. The second kappa shape index (κ2) is 11.0. The Labute approximate surface area is 212 Å². The Morgan fingerprint density at radius 1 is 0.917 bits per heavy atom. The number of alkyl carbamates (subject to hydrolysis) is 1. The highest BCUT2D eigenvalue weighted by atomic mass is 16.5. The second-order valence-corrected chi connectivity index (χ2v) is 9.63. The number of ether oxygens (including phenoxy) is 1. The number of benzene rings is 3. The average Bonchev–Trinajstić information content (AvgIpc) is 3.49. The van der Waals surface area contributed by atoms with Crippen molar-refractivity contribution in [2.24, 2.45) is 5.73 Å². The van der Waals surface area contributed by atoms with E-state index in [4.69, 9.17) is 10.5 Å². The molecule has 2 aliphatic rings. The van der Waals surface area contributed by atoms with Gasteiger partial charge in [0.1, 0.15) is 12.6 Å². The van der Waals surface area contributed by atoms with E-state index in [-0.39, 0.29) is 18.4 Å². The number of hydrogen-bond donors (Lipinski definition) is 3. The minimum atomic E-state index is -0.694. The number of rotatable bonds is 9. The van der Waals surface area contributed by atoms with E-state index in [2.05, 4.69) is 41.0 Å². The molecule has 5 rings (SSSR count). The van der Waals surface area contributed by atoms with Gasteiger partial charge in [-0.05, 0) is 90.6 Å². The molecule has 6 heteroatoms. The third-order valence-corrected chi connectivity index (χ3v) is 7.27. The number of aryl methyl sites for hydroxylation is 2. The third-order valence-electron chi connectivity index (χ3n) is 7.27. The molecule has 0 saturated carbocycles. The summed E-state index contributed by atoms with van der Waals surface area (Å²) in [6.45, 7) is 0.756. The first-order chi connectivity index (χ1) is 17.6. The number of amides is 2. The van der Waals surface area contributed by atoms with Crippen molar-refractivity contribution in [2.45, 2.75) is 50.5 Å². The van der Waals surface area contributed by atoms with Gasteiger partial charge in [0.05, 0.1) is 0 Å². The van der Waals surface area contributed by atoms with E-state index in [0.29, 0.717) is 13.0 Å². The van der Waals surface area contributed by atoms with Crippen LogP contribution in [0, 0.1) is 0 Å². The number of carbonyl (C=O) groups excluding carboxylic acids is 2. The largest absolute Gasteiger partial charge is 0.449 e. The van der Waals surface area contributed by atoms with Crippen molar-refractivity contribution in [2.75, 3.05) is 18.5 Å². The van der Waals surface area contributed by atoms with Gasteiger partial charge in [-0.15, -0.1) is 0 Å². The Hall–Kier alpha value is -3.64. The van der Waals surface area contributed by atoms with Gasteiger partial charge in [0.15, 0.2) is 0 Å². The summed E-state index contributed by atoms with van der Waals surface area (Å²) in [4.78, 5) is 26.0. The SMILES string of the molecule is NCCCC[C@H](NC(=O)OCC1c2ccccc2-c2ccccc21)C(=O)Nc1ccc2c(c1)CCC2. The van der Waals surface area contributed by atoms with Crippen LogP contribution in [0.4, 0.5) is 10.5 Å². The Morgan fingerprint density at radius 2 is 1.61 bits per heavy atom. The normalized spacial score (nSPS) is 14.5.